The Morgan fingerprint density at radius 2 is 1.90 bits per heavy atom. The van der Waals surface area contributed by atoms with Crippen molar-refractivity contribution < 1.29 is 42.4 Å². The van der Waals surface area contributed by atoms with Gasteiger partial charge in [0.2, 0.25) is 0 Å². The zero-order valence-electron chi connectivity index (χ0n) is 23.9. The number of aliphatic hydroxyl groups excluding tert-OH is 2. The molecule has 0 aromatic rings. The van der Waals surface area contributed by atoms with Gasteiger partial charge in [0, 0.05) is 23.8 Å². The Hall–Kier alpha value is -2.59. The van der Waals surface area contributed by atoms with Gasteiger partial charge in [-0.3, -0.25) is 9.59 Å². The first-order valence-corrected chi connectivity index (χ1v) is 13.2. The molecule has 0 saturated heterocycles. The summed E-state index contributed by atoms with van der Waals surface area (Å²) in [7, 11) is 0. The van der Waals surface area contributed by atoms with E-state index in [0.717, 1.165) is 12.5 Å². The van der Waals surface area contributed by atoms with Gasteiger partial charge in [-0.15, -0.1) is 0 Å². The fraction of sp³-hybridized carbons (Fsp3) is 0.655. The van der Waals surface area contributed by atoms with Gasteiger partial charge in [-0.05, 0) is 38.3 Å². The second kappa shape index (κ2) is 14.7. The quantitative estimate of drug-likeness (QED) is 0.182. The van der Waals surface area contributed by atoms with Gasteiger partial charge in [0.05, 0.1) is 35.8 Å². The monoisotopic (exact) mass is 559 g/mol. The average molecular weight is 560 g/mol. The molecule has 4 N–H and O–H groups in total. The SMILES string of the molecule is CCC(C)O/C=C(N)/C=C(\C)[C@@H]1C/C=C(/C(F)(F)F)C/C=C/[C@H](C)[C@H](O)[C@@H](C)C(=O)C(C)(C)[C@@H](O)CC(=O)O1. The number of cyclic esters (lactones) is 1. The maximum Gasteiger partial charge on any atom is 0.412 e. The Bertz CT molecular complexity index is 967. The summed E-state index contributed by atoms with van der Waals surface area (Å²) in [4.78, 5) is 26.0. The van der Waals surface area contributed by atoms with Gasteiger partial charge in [-0.2, -0.15) is 13.2 Å². The third-order valence-corrected chi connectivity index (χ3v) is 7.20. The lowest BCUT2D eigenvalue weighted by atomic mass is 9.73. The summed E-state index contributed by atoms with van der Waals surface area (Å²) in [5.74, 6) is -2.95. The highest BCUT2D eigenvalue weighted by atomic mass is 19.4. The Labute approximate surface area is 229 Å². The van der Waals surface area contributed by atoms with Crippen molar-refractivity contribution in [1.29, 1.82) is 0 Å². The minimum atomic E-state index is -4.64. The van der Waals surface area contributed by atoms with E-state index in [4.69, 9.17) is 15.2 Å². The number of ketones is 1. The Balaban J connectivity index is 3.50. The zero-order chi connectivity index (χ0) is 30.1. The highest BCUT2D eigenvalue weighted by molar-refractivity contribution is 5.88. The maximum atomic E-state index is 13.8. The number of ether oxygens (including phenoxy) is 2. The number of carbonyl (C=O) groups is 2. The standard InChI is InChI=1S/C29H44F3NO6/c1-8-19(4)38-16-22(33)14-18(3)23-13-12-21(29(30,31)32)11-9-10-17(2)26(36)20(5)27(37)28(6,7)24(34)15-25(35)39-23/h9-10,12,14,16-17,19-20,23-24,26,34,36H,8,11,13,15,33H2,1-7H3/b10-9+,18-14+,21-12+,22-16-/t17-,19?,20+,23-,24-,26-/m0/s1. The summed E-state index contributed by atoms with van der Waals surface area (Å²) in [5.41, 5.74) is 4.29. The van der Waals surface area contributed by atoms with Crippen LogP contribution in [0.5, 0.6) is 0 Å². The summed E-state index contributed by atoms with van der Waals surface area (Å²) < 4.78 is 52.3. The molecule has 0 fully saturated rings. The van der Waals surface area contributed by atoms with Crippen molar-refractivity contribution in [1.82, 2.24) is 0 Å². The number of halogens is 3. The first-order chi connectivity index (χ1) is 17.9. The number of esters is 1. The molecular formula is C29H44F3NO6. The van der Waals surface area contributed by atoms with Crippen molar-refractivity contribution in [2.45, 2.75) is 105 Å². The summed E-state index contributed by atoms with van der Waals surface area (Å²) in [6.45, 7) is 11.4. The van der Waals surface area contributed by atoms with Crippen LogP contribution < -0.4 is 5.73 Å². The number of rotatable bonds is 5. The van der Waals surface area contributed by atoms with Crippen LogP contribution in [0.15, 0.2) is 47.4 Å². The van der Waals surface area contributed by atoms with Crippen LogP contribution in [0.25, 0.3) is 0 Å². The molecule has 0 bridgehead atoms. The van der Waals surface area contributed by atoms with Crippen LogP contribution in [-0.2, 0) is 19.1 Å². The van der Waals surface area contributed by atoms with E-state index in [1.54, 1.807) is 13.8 Å². The topological polar surface area (TPSA) is 119 Å². The van der Waals surface area contributed by atoms with E-state index in [9.17, 15) is 33.0 Å². The van der Waals surface area contributed by atoms with Gasteiger partial charge in [0.1, 0.15) is 18.1 Å². The van der Waals surface area contributed by atoms with Crippen molar-refractivity contribution in [3.63, 3.8) is 0 Å². The van der Waals surface area contributed by atoms with E-state index >= 15 is 0 Å². The van der Waals surface area contributed by atoms with Crippen LogP contribution in [0, 0.1) is 17.3 Å². The van der Waals surface area contributed by atoms with Crippen molar-refractivity contribution >= 4 is 11.8 Å². The van der Waals surface area contributed by atoms with E-state index in [0.29, 0.717) is 5.57 Å². The largest absolute Gasteiger partial charge is 0.496 e. The minimum absolute atomic E-state index is 0.0952. The minimum Gasteiger partial charge on any atom is -0.496 e. The van der Waals surface area contributed by atoms with Crippen LogP contribution in [-0.4, -0.2) is 52.6 Å². The van der Waals surface area contributed by atoms with Gasteiger partial charge in [-0.25, -0.2) is 0 Å². The van der Waals surface area contributed by atoms with Crippen molar-refractivity contribution in [2.75, 3.05) is 0 Å². The summed E-state index contributed by atoms with van der Waals surface area (Å²) >= 11 is 0. The molecule has 0 aromatic carbocycles. The second-order valence-corrected chi connectivity index (χ2v) is 10.9. The molecule has 1 heterocycles. The van der Waals surface area contributed by atoms with Crippen molar-refractivity contribution in [2.24, 2.45) is 23.0 Å². The molecule has 0 aromatic heterocycles. The predicted octanol–water partition coefficient (Wildman–Crippen LogP) is 5.28. The molecule has 1 unspecified atom stereocenters. The number of aliphatic hydroxyl groups is 2. The average Bonchev–Trinajstić information content (AvgIpc) is 2.85. The number of Topliss-reactive ketones (excluding diaryl/α,β-unsaturated/α-hetero) is 1. The smallest absolute Gasteiger partial charge is 0.412 e. The number of allylic oxidation sites excluding steroid dienone is 3. The summed E-state index contributed by atoms with van der Waals surface area (Å²) in [6, 6.07) is 0. The van der Waals surface area contributed by atoms with Gasteiger partial charge < -0.3 is 25.4 Å². The van der Waals surface area contributed by atoms with E-state index in [1.165, 1.54) is 45.3 Å². The molecule has 0 spiro atoms. The van der Waals surface area contributed by atoms with Crippen LogP contribution in [0.2, 0.25) is 0 Å². The molecule has 39 heavy (non-hydrogen) atoms. The third-order valence-electron chi connectivity index (χ3n) is 7.20. The third kappa shape index (κ3) is 10.5. The number of carbonyl (C=O) groups excluding carboxylic acids is 2. The molecule has 1 aliphatic rings. The first-order valence-electron chi connectivity index (χ1n) is 13.2. The number of hydrogen-bond donors (Lipinski definition) is 3. The number of nitrogens with two attached hydrogens (primary N) is 1. The number of hydrogen-bond acceptors (Lipinski definition) is 7. The normalized spacial score (nSPS) is 31.6. The molecule has 10 heteroatoms. The summed E-state index contributed by atoms with van der Waals surface area (Å²) in [6.07, 6.45) is -2.62. The van der Waals surface area contributed by atoms with Crippen molar-refractivity contribution in [3.8, 4) is 0 Å². The Morgan fingerprint density at radius 3 is 2.46 bits per heavy atom. The van der Waals surface area contributed by atoms with Crippen LogP contribution in [0.3, 0.4) is 0 Å². The fourth-order valence-electron chi connectivity index (χ4n) is 4.08. The molecule has 0 aliphatic carbocycles. The Kier molecular flexibility index (Phi) is 13.0. The molecule has 1 aliphatic heterocycles. The highest BCUT2D eigenvalue weighted by Crippen LogP contribution is 2.33. The highest BCUT2D eigenvalue weighted by Gasteiger charge is 2.42. The Morgan fingerprint density at radius 1 is 1.28 bits per heavy atom. The van der Waals surface area contributed by atoms with Gasteiger partial charge in [0.15, 0.2) is 0 Å². The van der Waals surface area contributed by atoms with E-state index < -0.39 is 71.9 Å². The lowest BCUT2D eigenvalue weighted by molar-refractivity contribution is -0.154. The maximum absolute atomic E-state index is 13.8. The predicted molar refractivity (Wildman–Crippen MR) is 143 cm³/mol. The molecule has 222 valence electrons. The molecular weight excluding hydrogens is 515 g/mol. The van der Waals surface area contributed by atoms with Gasteiger partial charge in [0.25, 0.3) is 0 Å². The van der Waals surface area contributed by atoms with E-state index in [1.807, 2.05) is 13.8 Å². The van der Waals surface area contributed by atoms with E-state index in [-0.39, 0.29) is 18.2 Å². The lowest BCUT2D eigenvalue weighted by Crippen LogP contribution is -2.45. The molecule has 7 nitrogen and oxygen atoms in total. The second-order valence-electron chi connectivity index (χ2n) is 10.9. The zero-order valence-corrected chi connectivity index (χ0v) is 23.9. The first kappa shape index (κ1) is 34.4. The fourth-order valence-corrected chi connectivity index (χ4v) is 4.08. The molecule has 6 atom stereocenters. The van der Waals surface area contributed by atoms with Gasteiger partial charge >= 0.3 is 12.1 Å². The summed E-state index contributed by atoms with van der Waals surface area (Å²) in [5, 5.41) is 21.4. The van der Waals surface area contributed by atoms with Crippen LogP contribution in [0.1, 0.15) is 74.1 Å². The molecule has 0 radical (unpaired) electrons. The number of alkyl halides is 3. The van der Waals surface area contributed by atoms with Crippen molar-refractivity contribution in [3.05, 3.63) is 47.4 Å². The van der Waals surface area contributed by atoms with Crippen LogP contribution in [0.4, 0.5) is 13.2 Å². The molecule has 0 saturated carbocycles. The molecule has 1 rings (SSSR count). The van der Waals surface area contributed by atoms with Crippen LogP contribution >= 0.6 is 0 Å². The molecule has 0 amide bonds. The lowest BCUT2D eigenvalue weighted by Gasteiger charge is -2.34. The van der Waals surface area contributed by atoms with E-state index in [2.05, 4.69) is 0 Å². The van der Waals surface area contributed by atoms with Gasteiger partial charge in [-0.1, -0.05) is 52.8 Å².